The summed E-state index contributed by atoms with van der Waals surface area (Å²) < 4.78 is 13.5. The Labute approximate surface area is 233 Å². The van der Waals surface area contributed by atoms with Crippen LogP contribution in [0.15, 0.2) is 48.5 Å². The van der Waals surface area contributed by atoms with Crippen molar-refractivity contribution in [1.82, 2.24) is 20.9 Å². The Morgan fingerprint density at radius 1 is 1.00 bits per heavy atom. The van der Waals surface area contributed by atoms with Gasteiger partial charge in [-0.15, -0.1) is 0 Å². The van der Waals surface area contributed by atoms with E-state index in [2.05, 4.69) is 27.8 Å². The topological polar surface area (TPSA) is 111 Å². The summed E-state index contributed by atoms with van der Waals surface area (Å²) in [4.78, 5) is 40.2. The quantitative estimate of drug-likeness (QED) is 0.376. The van der Waals surface area contributed by atoms with E-state index in [-0.39, 0.29) is 61.8 Å². The summed E-state index contributed by atoms with van der Waals surface area (Å²) in [5.41, 5.74) is 3.20. The zero-order valence-corrected chi connectivity index (χ0v) is 22.4. The van der Waals surface area contributed by atoms with Gasteiger partial charge in [0.15, 0.2) is 0 Å². The van der Waals surface area contributed by atoms with Gasteiger partial charge in [-0.1, -0.05) is 24.0 Å². The molecule has 3 fully saturated rings. The molecule has 0 bridgehead atoms. The number of aliphatic hydroxyl groups excluding tert-OH is 1. The molecule has 2 aromatic rings. The Morgan fingerprint density at radius 2 is 1.68 bits per heavy atom. The average Bonchev–Trinajstić information content (AvgIpc) is 3.60. The van der Waals surface area contributed by atoms with Crippen molar-refractivity contribution in [2.24, 2.45) is 5.92 Å². The average molecular weight is 547 g/mol. The van der Waals surface area contributed by atoms with Crippen LogP contribution < -0.4 is 16.0 Å². The van der Waals surface area contributed by atoms with Crippen LogP contribution in [0.4, 0.5) is 4.39 Å². The van der Waals surface area contributed by atoms with Crippen LogP contribution in [0, 0.1) is 17.8 Å². The lowest BCUT2D eigenvalue weighted by Crippen LogP contribution is -2.46. The number of nitrogens with one attached hydrogen (secondary N) is 3. The van der Waals surface area contributed by atoms with E-state index in [4.69, 9.17) is 5.11 Å². The minimum Gasteiger partial charge on any atom is -0.396 e. The largest absolute Gasteiger partial charge is 0.396 e. The first-order valence-corrected chi connectivity index (χ1v) is 14.0. The highest BCUT2D eigenvalue weighted by atomic mass is 19.1. The first-order chi connectivity index (χ1) is 19.4. The van der Waals surface area contributed by atoms with Gasteiger partial charge in [0.25, 0.3) is 5.91 Å². The van der Waals surface area contributed by atoms with E-state index in [1.165, 1.54) is 0 Å². The SMILES string of the molecule is O=C(NC[C@H]1C[C@@H](NC(=O)[C@@H]2C[C@H](F)CN2)CN1C(=O)C1CC1)c1ccc(C#Cc2ccc(CCO)cc2)cc1. The van der Waals surface area contributed by atoms with Crippen LogP contribution in [0.3, 0.4) is 0 Å². The lowest BCUT2D eigenvalue weighted by Gasteiger charge is -2.25. The second-order valence-electron chi connectivity index (χ2n) is 10.9. The molecular formula is C31H35FN4O4. The van der Waals surface area contributed by atoms with Crippen LogP contribution in [-0.2, 0) is 16.0 Å². The molecule has 2 heterocycles. The van der Waals surface area contributed by atoms with Crippen molar-refractivity contribution in [1.29, 1.82) is 0 Å². The highest BCUT2D eigenvalue weighted by Gasteiger charge is 2.42. The third-order valence-electron chi connectivity index (χ3n) is 7.72. The molecule has 40 heavy (non-hydrogen) atoms. The number of hydrogen-bond acceptors (Lipinski definition) is 5. The van der Waals surface area contributed by atoms with Crippen molar-refractivity contribution in [3.8, 4) is 11.8 Å². The molecule has 0 aromatic heterocycles. The fourth-order valence-electron chi connectivity index (χ4n) is 5.29. The maximum Gasteiger partial charge on any atom is 0.251 e. The third kappa shape index (κ3) is 7.06. The van der Waals surface area contributed by atoms with Crippen LogP contribution in [0.1, 0.15) is 52.7 Å². The van der Waals surface area contributed by atoms with Gasteiger partial charge in [0.1, 0.15) is 6.17 Å². The summed E-state index contributed by atoms with van der Waals surface area (Å²) in [7, 11) is 0. The van der Waals surface area contributed by atoms with Crippen molar-refractivity contribution in [2.45, 2.75) is 56.4 Å². The lowest BCUT2D eigenvalue weighted by molar-refractivity contribution is -0.133. The molecule has 0 unspecified atom stereocenters. The van der Waals surface area contributed by atoms with Crippen LogP contribution in [0.5, 0.6) is 0 Å². The fourth-order valence-corrected chi connectivity index (χ4v) is 5.29. The number of likely N-dealkylation sites (tertiary alicyclic amines) is 1. The van der Waals surface area contributed by atoms with E-state index < -0.39 is 12.2 Å². The predicted molar refractivity (Wildman–Crippen MR) is 148 cm³/mol. The number of alkyl halides is 1. The number of amides is 3. The molecule has 3 amide bonds. The maximum absolute atomic E-state index is 13.5. The summed E-state index contributed by atoms with van der Waals surface area (Å²) >= 11 is 0. The van der Waals surface area contributed by atoms with Gasteiger partial charge in [0.05, 0.1) is 12.1 Å². The van der Waals surface area contributed by atoms with Gasteiger partial charge in [-0.25, -0.2) is 4.39 Å². The monoisotopic (exact) mass is 546 g/mol. The van der Waals surface area contributed by atoms with Gasteiger partial charge in [0.2, 0.25) is 11.8 Å². The molecule has 4 N–H and O–H groups in total. The number of rotatable bonds is 8. The number of halogens is 1. The number of hydrogen-bond donors (Lipinski definition) is 4. The number of carbonyl (C=O) groups is 3. The van der Waals surface area contributed by atoms with Crippen LogP contribution in [0.25, 0.3) is 0 Å². The van der Waals surface area contributed by atoms with E-state index in [1.54, 1.807) is 29.2 Å². The normalized spacial score (nSPS) is 23.8. The van der Waals surface area contributed by atoms with Gasteiger partial charge in [0, 0.05) is 61.3 Å². The second kappa shape index (κ2) is 12.6. The highest BCUT2D eigenvalue weighted by Crippen LogP contribution is 2.33. The fraction of sp³-hybridized carbons (Fsp3) is 0.452. The molecule has 4 atom stereocenters. The molecule has 5 rings (SSSR count). The first kappa shape index (κ1) is 27.8. The molecule has 210 valence electrons. The van der Waals surface area contributed by atoms with Crippen LogP contribution >= 0.6 is 0 Å². The summed E-state index contributed by atoms with van der Waals surface area (Å²) in [5.74, 6) is 5.83. The molecule has 2 aliphatic heterocycles. The summed E-state index contributed by atoms with van der Waals surface area (Å²) in [5, 5.41) is 17.9. The van der Waals surface area contributed by atoms with E-state index in [9.17, 15) is 18.8 Å². The zero-order valence-electron chi connectivity index (χ0n) is 22.4. The van der Waals surface area contributed by atoms with Gasteiger partial charge < -0.3 is 26.0 Å². The molecule has 8 nitrogen and oxygen atoms in total. The molecule has 1 aliphatic carbocycles. The Hall–Kier alpha value is -3.74. The summed E-state index contributed by atoms with van der Waals surface area (Å²) in [6.07, 6.45) is 2.03. The number of aliphatic hydroxyl groups is 1. The molecule has 9 heteroatoms. The van der Waals surface area contributed by atoms with Crippen LogP contribution in [0.2, 0.25) is 0 Å². The molecular weight excluding hydrogens is 511 g/mol. The van der Waals surface area contributed by atoms with E-state index >= 15 is 0 Å². The molecule has 2 aromatic carbocycles. The standard InChI is InChI=1S/C31H35FN4O4/c32-25-15-28(33-17-25)30(39)35-26-16-27(36(19-26)31(40)24-11-12-24)18-34-29(38)23-9-7-21(8-10-23)2-1-20-3-5-22(6-4-20)13-14-37/h3-10,24-28,33,37H,11-19H2,(H,34,38)(H,35,39)/t25-,26+,27+,28-/m0/s1. The van der Waals surface area contributed by atoms with E-state index in [0.717, 1.165) is 29.5 Å². The number of nitrogens with zero attached hydrogens (tertiary/aromatic N) is 1. The molecule has 0 spiro atoms. The van der Waals surface area contributed by atoms with Gasteiger partial charge >= 0.3 is 0 Å². The van der Waals surface area contributed by atoms with Gasteiger partial charge in [-0.2, -0.15) is 0 Å². The smallest absolute Gasteiger partial charge is 0.251 e. The Balaban J connectivity index is 1.15. The minimum atomic E-state index is -1.02. The number of benzene rings is 2. The van der Waals surface area contributed by atoms with Crippen LogP contribution in [-0.4, -0.2) is 78.3 Å². The Kier molecular flexibility index (Phi) is 8.78. The molecule has 0 radical (unpaired) electrons. The van der Waals surface area contributed by atoms with Crippen molar-refractivity contribution in [3.05, 3.63) is 70.8 Å². The molecule has 1 saturated carbocycles. The first-order valence-electron chi connectivity index (χ1n) is 14.0. The summed E-state index contributed by atoms with van der Waals surface area (Å²) in [6, 6.07) is 13.8. The van der Waals surface area contributed by atoms with E-state index in [0.29, 0.717) is 24.9 Å². The molecule has 2 saturated heterocycles. The zero-order chi connectivity index (χ0) is 28.1. The highest BCUT2D eigenvalue weighted by molar-refractivity contribution is 5.94. The van der Waals surface area contributed by atoms with Crippen molar-refractivity contribution in [3.63, 3.8) is 0 Å². The Bertz CT molecular complexity index is 1280. The van der Waals surface area contributed by atoms with Crippen molar-refractivity contribution in [2.75, 3.05) is 26.2 Å². The molecule has 3 aliphatic rings. The second-order valence-corrected chi connectivity index (χ2v) is 10.9. The van der Waals surface area contributed by atoms with E-state index in [1.807, 2.05) is 24.3 Å². The summed E-state index contributed by atoms with van der Waals surface area (Å²) in [6.45, 7) is 0.968. The number of carbonyl (C=O) groups excluding carboxylic acids is 3. The minimum absolute atomic E-state index is 0.0311. The van der Waals surface area contributed by atoms with Gasteiger partial charge in [-0.05, 0) is 67.6 Å². The van der Waals surface area contributed by atoms with Gasteiger partial charge in [-0.3, -0.25) is 14.4 Å². The van der Waals surface area contributed by atoms with Crippen molar-refractivity contribution >= 4 is 17.7 Å². The third-order valence-corrected chi connectivity index (χ3v) is 7.72. The lowest BCUT2D eigenvalue weighted by atomic mass is 10.1. The Morgan fingerprint density at radius 3 is 2.27 bits per heavy atom. The predicted octanol–water partition coefficient (Wildman–Crippen LogP) is 1.55. The maximum atomic E-state index is 13.5. The van der Waals surface area contributed by atoms with Crippen molar-refractivity contribution < 1.29 is 23.9 Å².